The van der Waals surface area contributed by atoms with E-state index in [2.05, 4.69) is 10.6 Å². The minimum absolute atomic E-state index is 0.0308. The van der Waals surface area contributed by atoms with Gasteiger partial charge in [-0.1, -0.05) is 18.2 Å². The van der Waals surface area contributed by atoms with Crippen molar-refractivity contribution in [2.45, 2.75) is 20.4 Å². The molecule has 2 aromatic carbocycles. The summed E-state index contributed by atoms with van der Waals surface area (Å²) in [5.74, 6) is -0.520. The van der Waals surface area contributed by atoms with E-state index in [0.29, 0.717) is 11.5 Å². The van der Waals surface area contributed by atoms with E-state index in [9.17, 15) is 14.0 Å². The van der Waals surface area contributed by atoms with Crippen LogP contribution in [0.3, 0.4) is 0 Å². The Labute approximate surface area is 157 Å². The second-order valence-electron chi connectivity index (χ2n) is 6.43. The van der Waals surface area contributed by atoms with Crippen molar-refractivity contribution in [2.75, 3.05) is 19.5 Å². The number of benzene rings is 2. The molecule has 0 spiro atoms. The molecule has 0 atom stereocenters. The highest BCUT2D eigenvalue weighted by Gasteiger charge is 2.36. The maximum atomic E-state index is 13.7. The van der Waals surface area contributed by atoms with Crippen molar-refractivity contribution in [2.24, 2.45) is 5.41 Å². The van der Waals surface area contributed by atoms with E-state index in [1.165, 1.54) is 46.3 Å². The van der Waals surface area contributed by atoms with Gasteiger partial charge < -0.3 is 20.1 Å². The third-order valence-corrected chi connectivity index (χ3v) is 4.16. The SMILES string of the molecule is COc1ccc(CNC(=O)C(C)(C)C(=O)Nc2ccccc2F)cc1OC. The highest BCUT2D eigenvalue weighted by molar-refractivity contribution is 6.09. The Hall–Kier alpha value is -3.09. The number of nitrogens with one attached hydrogen (secondary N) is 2. The van der Waals surface area contributed by atoms with Gasteiger partial charge in [-0.05, 0) is 43.7 Å². The first-order chi connectivity index (χ1) is 12.8. The Morgan fingerprint density at radius 1 is 1.00 bits per heavy atom. The Balaban J connectivity index is 2.03. The summed E-state index contributed by atoms with van der Waals surface area (Å²) in [5.41, 5.74) is -0.576. The number of anilines is 1. The number of amides is 2. The Morgan fingerprint density at radius 3 is 2.30 bits per heavy atom. The van der Waals surface area contributed by atoms with Crippen LogP contribution in [0.15, 0.2) is 42.5 Å². The minimum Gasteiger partial charge on any atom is -0.493 e. The van der Waals surface area contributed by atoms with Crippen molar-refractivity contribution in [3.05, 3.63) is 53.8 Å². The average molecular weight is 374 g/mol. The molecule has 7 heteroatoms. The molecular formula is C20H23FN2O4. The molecule has 0 saturated carbocycles. The molecule has 0 heterocycles. The van der Waals surface area contributed by atoms with Crippen LogP contribution in [0.5, 0.6) is 11.5 Å². The van der Waals surface area contributed by atoms with Crippen LogP contribution in [0, 0.1) is 11.2 Å². The van der Waals surface area contributed by atoms with Crippen molar-refractivity contribution < 1.29 is 23.5 Å². The first kappa shape index (κ1) is 20.2. The van der Waals surface area contributed by atoms with Gasteiger partial charge >= 0.3 is 0 Å². The summed E-state index contributed by atoms with van der Waals surface area (Å²) < 4.78 is 24.1. The van der Waals surface area contributed by atoms with Crippen molar-refractivity contribution in [3.63, 3.8) is 0 Å². The summed E-state index contributed by atoms with van der Waals surface area (Å²) in [6.07, 6.45) is 0. The zero-order valence-electron chi connectivity index (χ0n) is 15.8. The zero-order chi connectivity index (χ0) is 20.0. The highest BCUT2D eigenvalue weighted by Crippen LogP contribution is 2.27. The molecule has 0 aliphatic rings. The molecule has 0 radical (unpaired) electrons. The van der Waals surface area contributed by atoms with E-state index in [1.807, 2.05) is 0 Å². The Bertz CT molecular complexity index is 836. The van der Waals surface area contributed by atoms with Crippen molar-refractivity contribution in [1.82, 2.24) is 5.32 Å². The second-order valence-corrected chi connectivity index (χ2v) is 6.43. The number of carbonyl (C=O) groups is 2. The van der Waals surface area contributed by atoms with Crippen LogP contribution in [0.1, 0.15) is 19.4 Å². The summed E-state index contributed by atoms with van der Waals surface area (Å²) in [6.45, 7) is 3.16. The lowest BCUT2D eigenvalue weighted by Gasteiger charge is -2.23. The van der Waals surface area contributed by atoms with Gasteiger partial charge in [0, 0.05) is 6.54 Å². The van der Waals surface area contributed by atoms with Gasteiger partial charge in [0.1, 0.15) is 11.2 Å². The quantitative estimate of drug-likeness (QED) is 0.730. The maximum absolute atomic E-state index is 13.7. The van der Waals surface area contributed by atoms with Gasteiger partial charge in [0.05, 0.1) is 19.9 Å². The van der Waals surface area contributed by atoms with E-state index in [-0.39, 0.29) is 12.2 Å². The maximum Gasteiger partial charge on any atom is 0.239 e. The molecule has 6 nitrogen and oxygen atoms in total. The van der Waals surface area contributed by atoms with E-state index < -0.39 is 23.0 Å². The average Bonchev–Trinajstić information content (AvgIpc) is 2.67. The van der Waals surface area contributed by atoms with Gasteiger partial charge in [-0.15, -0.1) is 0 Å². The fourth-order valence-corrected chi connectivity index (χ4v) is 2.34. The van der Waals surface area contributed by atoms with Crippen LogP contribution in [0.2, 0.25) is 0 Å². The van der Waals surface area contributed by atoms with E-state index in [1.54, 1.807) is 24.3 Å². The molecule has 0 fully saturated rings. The van der Waals surface area contributed by atoms with Gasteiger partial charge in [0.25, 0.3) is 0 Å². The van der Waals surface area contributed by atoms with Crippen LogP contribution in [0.25, 0.3) is 0 Å². The molecular weight excluding hydrogens is 351 g/mol. The number of hydrogen-bond donors (Lipinski definition) is 2. The first-order valence-electron chi connectivity index (χ1n) is 8.34. The summed E-state index contributed by atoms with van der Waals surface area (Å²) in [6, 6.07) is 11.1. The van der Waals surface area contributed by atoms with Crippen molar-refractivity contribution in [3.8, 4) is 11.5 Å². The molecule has 27 heavy (non-hydrogen) atoms. The molecule has 2 N–H and O–H groups in total. The number of hydrogen-bond acceptors (Lipinski definition) is 4. The van der Waals surface area contributed by atoms with E-state index >= 15 is 0 Å². The fraction of sp³-hybridized carbons (Fsp3) is 0.300. The van der Waals surface area contributed by atoms with Crippen molar-refractivity contribution >= 4 is 17.5 Å². The monoisotopic (exact) mass is 374 g/mol. The largest absolute Gasteiger partial charge is 0.493 e. The van der Waals surface area contributed by atoms with Crippen LogP contribution in [-0.2, 0) is 16.1 Å². The molecule has 2 amide bonds. The van der Waals surface area contributed by atoms with Crippen LogP contribution in [-0.4, -0.2) is 26.0 Å². The number of methoxy groups -OCH3 is 2. The predicted octanol–water partition coefficient (Wildman–Crippen LogP) is 3.12. The highest BCUT2D eigenvalue weighted by atomic mass is 19.1. The Kier molecular flexibility index (Phi) is 6.39. The van der Waals surface area contributed by atoms with Gasteiger partial charge in [-0.2, -0.15) is 0 Å². The topological polar surface area (TPSA) is 76.7 Å². The van der Waals surface area contributed by atoms with Crippen LogP contribution in [0.4, 0.5) is 10.1 Å². The minimum atomic E-state index is -1.39. The molecule has 0 aromatic heterocycles. The molecule has 0 saturated heterocycles. The molecule has 0 bridgehead atoms. The third-order valence-electron chi connectivity index (χ3n) is 4.16. The smallest absolute Gasteiger partial charge is 0.239 e. The number of halogens is 1. The molecule has 0 aliphatic carbocycles. The number of carbonyl (C=O) groups excluding carboxylic acids is 2. The number of ether oxygens (including phenoxy) is 2. The molecule has 2 aromatic rings. The standard InChI is InChI=1S/C20H23FN2O4/c1-20(2,19(25)23-15-8-6-5-7-14(15)21)18(24)22-12-13-9-10-16(26-3)17(11-13)27-4/h5-11H,12H2,1-4H3,(H,22,24)(H,23,25). The van der Waals surface area contributed by atoms with Gasteiger partial charge in [-0.25, -0.2) is 4.39 Å². The zero-order valence-corrected chi connectivity index (χ0v) is 15.8. The fourth-order valence-electron chi connectivity index (χ4n) is 2.34. The third kappa shape index (κ3) is 4.75. The Morgan fingerprint density at radius 2 is 1.67 bits per heavy atom. The summed E-state index contributed by atoms with van der Waals surface area (Å²) >= 11 is 0. The first-order valence-corrected chi connectivity index (χ1v) is 8.34. The second kappa shape index (κ2) is 8.53. The van der Waals surface area contributed by atoms with E-state index in [4.69, 9.17) is 9.47 Å². The number of para-hydroxylation sites is 1. The van der Waals surface area contributed by atoms with Crippen LogP contribution < -0.4 is 20.1 Å². The van der Waals surface area contributed by atoms with Gasteiger partial charge in [0.2, 0.25) is 11.8 Å². The summed E-state index contributed by atoms with van der Waals surface area (Å²) in [7, 11) is 3.06. The molecule has 0 aliphatic heterocycles. The van der Waals surface area contributed by atoms with Gasteiger partial charge in [0.15, 0.2) is 11.5 Å². The van der Waals surface area contributed by atoms with Crippen LogP contribution >= 0.6 is 0 Å². The lowest BCUT2D eigenvalue weighted by atomic mass is 9.90. The number of rotatable bonds is 7. The molecule has 2 rings (SSSR count). The van der Waals surface area contributed by atoms with E-state index in [0.717, 1.165) is 5.56 Å². The summed E-state index contributed by atoms with van der Waals surface area (Å²) in [5, 5.41) is 5.17. The molecule has 0 unspecified atom stereocenters. The summed E-state index contributed by atoms with van der Waals surface area (Å²) in [4.78, 5) is 25.0. The lowest BCUT2D eigenvalue weighted by Crippen LogP contribution is -2.45. The molecule has 144 valence electrons. The lowest BCUT2D eigenvalue weighted by molar-refractivity contribution is -0.138. The van der Waals surface area contributed by atoms with Crippen molar-refractivity contribution in [1.29, 1.82) is 0 Å². The normalized spacial score (nSPS) is 10.9. The predicted molar refractivity (Wildman–Crippen MR) is 100 cm³/mol. The van der Waals surface area contributed by atoms with Gasteiger partial charge in [-0.3, -0.25) is 9.59 Å².